The van der Waals surface area contributed by atoms with Crippen molar-refractivity contribution in [2.75, 3.05) is 6.61 Å². The highest BCUT2D eigenvalue weighted by Crippen LogP contribution is 2.05. The third kappa shape index (κ3) is 4.43. The fourth-order valence-electron chi connectivity index (χ4n) is 1.45. The van der Waals surface area contributed by atoms with Gasteiger partial charge in [0.25, 0.3) is 0 Å². The first-order valence-corrected chi connectivity index (χ1v) is 5.46. The van der Waals surface area contributed by atoms with Crippen LogP contribution in [0.2, 0.25) is 0 Å². The van der Waals surface area contributed by atoms with E-state index >= 15 is 0 Å². The fraction of sp³-hybridized carbons (Fsp3) is 0.538. The summed E-state index contributed by atoms with van der Waals surface area (Å²) in [6, 6.07) is 8.49. The Kier molecular flexibility index (Phi) is 5.31. The van der Waals surface area contributed by atoms with Crippen molar-refractivity contribution in [1.29, 1.82) is 0 Å². The van der Waals surface area contributed by atoms with E-state index in [2.05, 4.69) is 38.1 Å². The van der Waals surface area contributed by atoms with Crippen molar-refractivity contribution in [3.05, 3.63) is 35.4 Å². The molecule has 0 fully saturated rings. The van der Waals surface area contributed by atoms with Gasteiger partial charge in [0, 0.05) is 6.61 Å². The van der Waals surface area contributed by atoms with E-state index in [4.69, 9.17) is 4.74 Å². The summed E-state index contributed by atoms with van der Waals surface area (Å²) in [5.74, 6) is 0. The summed E-state index contributed by atoms with van der Waals surface area (Å²) in [6.45, 7) is 5.97. The Balaban J connectivity index is 2.18. The molecule has 0 atom stereocenters. The summed E-state index contributed by atoms with van der Waals surface area (Å²) in [7, 11) is 0. The molecule has 0 radical (unpaired) electrons. The molecule has 1 aromatic rings. The third-order valence-electron chi connectivity index (χ3n) is 2.24. The van der Waals surface area contributed by atoms with Gasteiger partial charge in [0.2, 0.25) is 0 Å². The van der Waals surface area contributed by atoms with E-state index in [9.17, 15) is 0 Å². The minimum Gasteiger partial charge on any atom is -0.377 e. The van der Waals surface area contributed by atoms with Gasteiger partial charge in [-0.25, -0.2) is 0 Å². The summed E-state index contributed by atoms with van der Waals surface area (Å²) >= 11 is 0. The van der Waals surface area contributed by atoms with Crippen LogP contribution in [0.25, 0.3) is 0 Å². The maximum absolute atomic E-state index is 5.58. The van der Waals surface area contributed by atoms with Crippen LogP contribution in [-0.2, 0) is 11.3 Å². The average Bonchev–Trinajstić information content (AvgIpc) is 2.18. The van der Waals surface area contributed by atoms with Crippen LogP contribution in [0.3, 0.4) is 0 Å². The Bertz CT molecular complexity index is 255. The van der Waals surface area contributed by atoms with Crippen LogP contribution in [0, 0.1) is 6.92 Å². The molecule has 0 bridgehead atoms. The van der Waals surface area contributed by atoms with Gasteiger partial charge in [-0.15, -0.1) is 0 Å². The van der Waals surface area contributed by atoms with Crippen LogP contribution in [-0.4, -0.2) is 6.61 Å². The Morgan fingerprint density at radius 2 is 2.07 bits per heavy atom. The highest BCUT2D eigenvalue weighted by Gasteiger charge is 1.93. The van der Waals surface area contributed by atoms with Crippen LogP contribution in [0.5, 0.6) is 0 Å². The second-order valence-corrected chi connectivity index (χ2v) is 3.75. The fourth-order valence-corrected chi connectivity index (χ4v) is 1.45. The van der Waals surface area contributed by atoms with Crippen LogP contribution in [0.1, 0.15) is 37.3 Å². The molecule has 0 aliphatic heterocycles. The maximum atomic E-state index is 5.58. The Hall–Kier alpha value is -0.820. The summed E-state index contributed by atoms with van der Waals surface area (Å²) < 4.78 is 5.58. The topological polar surface area (TPSA) is 9.23 Å². The maximum Gasteiger partial charge on any atom is 0.0716 e. The Morgan fingerprint density at radius 3 is 2.79 bits per heavy atom. The first-order chi connectivity index (χ1) is 6.83. The molecule has 0 heterocycles. The summed E-state index contributed by atoms with van der Waals surface area (Å²) in [5.41, 5.74) is 2.58. The SMILES string of the molecule is CCCCCOCc1cccc(C)c1. The molecule has 1 heteroatoms. The van der Waals surface area contributed by atoms with E-state index in [1.54, 1.807) is 0 Å². The zero-order valence-corrected chi connectivity index (χ0v) is 9.25. The van der Waals surface area contributed by atoms with Gasteiger partial charge < -0.3 is 4.74 Å². The second-order valence-electron chi connectivity index (χ2n) is 3.75. The molecule has 0 unspecified atom stereocenters. The van der Waals surface area contributed by atoms with Gasteiger partial charge in [-0.1, -0.05) is 49.6 Å². The normalized spacial score (nSPS) is 10.4. The molecule has 0 aliphatic carbocycles. The molecular weight excluding hydrogens is 172 g/mol. The lowest BCUT2D eigenvalue weighted by molar-refractivity contribution is 0.117. The van der Waals surface area contributed by atoms with Gasteiger partial charge in [0.05, 0.1) is 6.61 Å². The van der Waals surface area contributed by atoms with Crippen LogP contribution < -0.4 is 0 Å². The summed E-state index contributed by atoms with van der Waals surface area (Å²) in [6.07, 6.45) is 3.71. The van der Waals surface area contributed by atoms with E-state index in [0.29, 0.717) is 0 Å². The lowest BCUT2D eigenvalue weighted by atomic mass is 10.1. The van der Waals surface area contributed by atoms with Gasteiger partial charge in [-0.3, -0.25) is 0 Å². The summed E-state index contributed by atoms with van der Waals surface area (Å²) in [4.78, 5) is 0. The van der Waals surface area contributed by atoms with Crippen molar-refractivity contribution in [1.82, 2.24) is 0 Å². The van der Waals surface area contributed by atoms with Gasteiger partial charge in [0.1, 0.15) is 0 Å². The lowest BCUT2D eigenvalue weighted by Crippen LogP contribution is -1.95. The minimum absolute atomic E-state index is 0.755. The molecule has 0 spiro atoms. The van der Waals surface area contributed by atoms with Crippen molar-refractivity contribution >= 4 is 0 Å². The molecule has 0 saturated carbocycles. The molecule has 1 rings (SSSR count). The highest BCUT2D eigenvalue weighted by molar-refractivity contribution is 5.21. The Labute approximate surface area is 87.1 Å². The van der Waals surface area contributed by atoms with Crippen molar-refractivity contribution < 1.29 is 4.74 Å². The first-order valence-electron chi connectivity index (χ1n) is 5.46. The van der Waals surface area contributed by atoms with E-state index in [1.807, 2.05) is 0 Å². The monoisotopic (exact) mass is 192 g/mol. The van der Waals surface area contributed by atoms with Crippen molar-refractivity contribution in [2.45, 2.75) is 39.7 Å². The number of rotatable bonds is 6. The zero-order chi connectivity index (χ0) is 10.2. The van der Waals surface area contributed by atoms with Crippen LogP contribution >= 0.6 is 0 Å². The predicted molar refractivity (Wildman–Crippen MR) is 60.4 cm³/mol. The number of hydrogen-bond acceptors (Lipinski definition) is 1. The molecule has 0 N–H and O–H groups in total. The molecule has 0 amide bonds. The Morgan fingerprint density at radius 1 is 1.21 bits per heavy atom. The van der Waals surface area contributed by atoms with Crippen LogP contribution in [0.15, 0.2) is 24.3 Å². The van der Waals surface area contributed by atoms with E-state index in [-0.39, 0.29) is 0 Å². The first kappa shape index (κ1) is 11.3. The van der Waals surface area contributed by atoms with Gasteiger partial charge >= 0.3 is 0 Å². The number of aryl methyl sites for hydroxylation is 1. The number of hydrogen-bond donors (Lipinski definition) is 0. The average molecular weight is 192 g/mol. The molecule has 1 nitrogen and oxygen atoms in total. The molecule has 0 saturated heterocycles. The zero-order valence-electron chi connectivity index (χ0n) is 9.25. The summed E-state index contributed by atoms with van der Waals surface area (Å²) in [5, 5.41) is 0. The van der Waals surface area contributed by atoms with E-state index < -0.39 is 0 Å². The second kappa shape index (κ2) is 6.61. The number of benzene rings is 1. The largest absolute Gasteiger partial charge is 0.377 e. The smallest absolute Gasteiger partial charge is 0.0716 e. The molecule has 14 heavy (non-hydrogen) atoms. The van der Waals surface area contributed by atoms with Crippen molar-refractivity contribution in [2.24, 2.45) is 0 Å². The predicted octanol–water partition coefficient (Wildman–Crippen LogP) is 3.70. The third-order valence-corrected chi connectivity index (χ3v) is 2.24. The van der Waals surface area contributed by atoms with E-state index in [1.165, 1.54) is 30.4 Å². The molecule has 0 aliphatic rings. The number of unbranched alkanes of at least 4 members (excludes halogenated alkanes) is 2. The van der Waals surface area contributed by atoms with Crippen LogP contribution in [0.4, 0.5) is 0 Å². The van der Waals surface area contributed by atoms with Crippen molar-refractivity contribution in [3.8, 4) is 0 Å². The number of ether oxygens (including phenoxy) is 1. The van der Waals surface area contributed by atoms with Gasteiger partial charge in [-0.05, 0) is 18.9 Å². The standard InChI is InChI=1S/C13H20O/c1-3-4-5-9-14-11-13-8-6-7-12(2)10-13/h6-8,10H,3-5,9,11H2,1-2H3. The lowest BCUT2D eigenvalue weighted by Gasteiger charge is -2.04. The van der Waals surface area contributed by atoms with E-state index in [0.717, 1.165) is 13.2 Å². The minimum atomic E-state index is 0.755. The molecule has 1 aromatic carbocycles. The quantitative estimate of drug-likeness (QED) is 0.624. The van der Waals surface area contributed by atoms with Crippen molar-refractivity contribution in [3.63, 3.8) is 0 Å². The molecular formula is C13H20O. The van der Waals surface area contributed by atoms with Gasteiger partial charge in [-0.2, -0.15) is 0 Å². The highest BCUT2D eigenvalue weighted by atomic mass is 16.5. The van der Waals surface area contributed by atoms with Gasteiger partial charge in [0.15, 0.2) is 0 Å². The molecule has 0 aromatic heterocycles. The molecule has 78 valence electrons.